The third-order valence-corrected chi connectivity index (χ3v) is 9.88. The number of hydrogen-bond acceptors (Lipinski definition) is 5. The lowest BCUT2D eigenvalue weighted by Gasteiger charge is -2.34. The number of hydrogen-bond donors (Lipinski definition) is 1. The van der Waals surface area contributed by atoms with Crippen LogP contribution in [-0.2, 0) is 32.6 Å². The van der Waals surface area contributed by atoms with Crippen molar-refractivity contribution < 1.29 is 22.7 Å². The second kappa shape index (κ2) is 16.2. The summed E-state index contributed by atoms with van der Waals surface area (Å²) in [6.45, 7) is 3.58. The molecule has 1 atom stereocenters. The predicted octanol–water partition coefficient (Wildman–Crippen LogP) is 7.02. The minimum Gasteiger partial charge on any atom is -0.494 e. The van der Waals surface area contributed by atoms with Gasteiger partial charge >= 0.3 is 0 Å². The van der Waals surface area contributed by atoms with E-state index in [1.54, 1.807) is 49.4 Å². The van der Waals surface area contributed by atoms with Crippen molar-refractivity contribution in [2.75, 3.05) is 24.0 Å². The molecule has 0 saturated heterocycles. The summed E-state index contributed by atoms with van der Waals surface area (Å²) in [5.74, 6) is -0.513. The van der Waals surface area contributed by atoms with Crippen LogP contribution in [-0.4, -0.2) is 50.9 Å². The van der Waals surface area contributed by atoms with E-state index < -0.39 is 34.4 Å². The molecule has 46 heavy (non-hydrogen) atoms. The van der Waals surface area contributed by atoms with Crippen LogP contribution in [0.1, 0.15) is 25.0 Å². The van der Waals surface area contributed by atoms with Gasteiger partial charge in [-0.15, -0.1) is 0 Å². The van der Waals surface area contributed by atoms with E-state index in [-0.39, 0.29) is 23.5 Å². The molecule has 0 aliphatic rings. The van der Waals surface area contributed by atoms with Gasteiger partial charge in [0.25, 0.3) is 10.0 Å². The number of ether oxygens (including phenoxy) is 1. The van der Waals surface area contributed by atoms with E-state index >= 15 is 0 Å². The minimum atomic E-state index is -4.30. The predicted molar refractivity (Wildman–Crippen MR) is 183 cm³/mol. The molecule has 8 nitrogen and oxygen atoms in total. The van der Waals surface area contributed by atoms with Gasteiger partial charge in [0.15, 0.2) is 0 Å². The maximum atomic E-state index is 14.5. The standard InChI is InChI=1S/C34H34Cl3N3O5S/c1-3-38-34(42)32(21-24-9-6-5-7-10-24)39(22-29-30(36)11-8-12-31(29)37)33(41)23-40(26-15-17-27(18-16-26)45-4-2)46(43,44)28-19-13-25(35)14-20-28/h5-20,32H,3-4,21-23H2,1-2H3,(H,38,42)/t32-/m1/s1. The van der Waals surface area contributed by atoms with E-state index in [9.17, 15) is 18.0 Å². The highest BCUT2D eigenvalue weighted by atomic mass is 35.5. The van der Waals surface area contributed by atoms with Crippen molar-refractivity contribution in [2.24, 2.45) is 0 Å². The number of benzene rings is 4. The average Bonchev–Trinajstić information content (AvgIpc) is 3.04. The number of carbonyl (C=O) groups is 2. The Labute approximate surface area is 284 Å². The van der Waals surface area contributed by atoms with E-state index in [1.165, 1.54) is 29.2 Å². The zero-order chi connectivity index (χ0) is 33.3. The van der Waals surface area contributed by atoms with Gasteiger partial charge in [-0.2, -0.15) is 0 Å². The van der Waals surface area contributed by atoms with Crippen LogP contribution in [0.2, 0.25) is 15.1 Å². The topological polar surface area (TPSA) is 96.0 Å². The molecule has 0 heterocycles. The summed E-state index contributed by atoms with van der Waals surface area (Å²) in [5, 5.41) is 3.79. The summed E-state index contributed by atoms with van der Waals surface area (Å²) in [6, 6.07) is 25.2. The Morgan fingerprint density at radius 1 is 0.826 bits per heavy atom. The van der Waals surface area contributed by atoms with E-state index in [0.717, 1.165) is 9.87 Å². The van der Waals surface area contributed by atoms with Crippen molar-refractivity contribution in [1.82, 2.24) is 10.2 Å². The normalized spacial score (nSPS) is 11.8. The van der Waals surface area contributed by atoms with Crippen molar-refractivity contribution in [3.63, 3.8) is 0 Å². The van der Waals surface area contributed by atoms with Crippen molar-refractivity contribution in [3.05, 3.63) is 123 Å². The molecule has 0 aliphatic heterocycles. The van der Waals surface area contributed by atoms with Crippen molar-refractivity contribution in [2.45, 2.75) is 37.8 Å². The maximum absolute atomic E-state index is 14.5. The molecule has 0 fully saturated rings. The van der Waals surface area contributed by atoms with Gasteiger partial charge in [-0.25, -0.2) is 8.42 Å². The number of nitrogens with zero attached hydrogens (tertiary/aromatic N) is 2. The molecule has 12 heteroatoms. The lowest BCUT2D eigenvalue weighted by molar-refractivity contribution is -0.140. The van der Waals surface area contributed by atoms with E-state index in [1.807, 2.05) is 37.3 Å². The number of sulfonamides is 1. The molecule has 2 amide bonds. The third kappa shape index (κ3) is 8.73. The van der Waals surface area contributed by atoms with Gasteiger partial charge in [0, 0.05) is 40.1 Å². The fraction of sp³-hybridized carbons (Fsp3) is 0.235. The SMILES string of the molecule is CCNC(=O)[C@@H](Cc1ccccc1)N(Cc1c(Cl)cccc1Cl)C(=O)CN(c1ccc(OCC)cc1)S(=O)(=O)c1ccc(Cl)cc1. The van der Waals surface area contributed by atoms with Crippen LogP contribution in [0.4, 0.5) is 5.69 Å². The Hall–Kier alpha value is -3.76. The van der Waals surface area contributed by atoms with E-state index in [0.29, 0.717) is 39.5 Å². The zero-order valence-corrected chi connectivity index (χ0v) is 28.4. The highest BCUT2D eigenvalue weighted by molar-refractivity contribution is 7.92. The van der Waals surface area contributed by atoms with Crippen LogP contribution in [0.15, 0.2) is 102 Å². The molecule has 0 saturated carbocycles. The molecule has 1 N–H and O–H groups in total. The smallest absolute Gasteiger partial charge is 0.264 e. The molecule has 242 valence electrons. The van der Waals surface area contributed by atoms with Crippen LogP contribution >= 0.6 is 34.8 Å². The number of halogens is 3. The summed E-state index contributed by atoms with van der Waals surface area (Å²) in [4.78, 5) is 29.4. The van der Waals surface area contributed by atoms with Crippen LogP contribution in [0.5, 0.6) is 5.75 Å². The van der Waals surface area contributed by atoms with Crippen molar-refractivity contribution in [3.8, 4) is 5.75 Å². The molecule has 0 aromatic heterocycles. The molecule has 0 spiro atoms. The number of rotatable bonds is 14. The summed E-state index contributed by atoms with van der Waals surface area (Å²) >= 11 is 19.1. The molecule has 0 aliphatic carbocycles. The molecular weight excluding hydrogens is 669 g/mol. The Morgan fingerprint density at radius 2 is 1.46 bits per heavy atom. The van der Waals surface area contributed by atoms with Crippen molar-refractivity contribution >= 4 is 62.3 Å². The van der Waals surface area contributed by atoms with Gasteiger partial charge in [0.2, 0.25) is 11.8 Å². The van der Waals surface area contributed by atoms with Gasteiger partial charge in [0.1, 0.15) is 18.3 Å². The lowest BCUT2D eigenvalue weighted by atomic mass is 10.0. The van der Waals surface area contributed by atoms with Gasteiger partial charge in [-0.1, -0.05) is 71.2 Å². The molecule has 4 aromatic rings. The first-order valence-electron chi connectivity index (χ1n) is 14.6. The highest BCUT2D eigenvalue weighted by Gasteiger charge is 2.35. The van der Waals surface area contributed by atoms with Gasteiger partial charge in [-0.05, 0) is 80.1 Å². The van der Waals surface area contributed by atoms with E-state index in [4.69, 9.17) is 39.5 Å². The summed E-state index contributed by atoms with van der Waals surface area (Å²) < 4.78 is 34.8. The number of anilines is 1. The summed E-state index contributed by atoms with van der Waals surface area (Å²) in [7, 11) is -4.30. The number of amides is 2. The fourth-order valence-corrected chi connectivity index (χ4v) is 6.89. The van der Waals surface area contributed by atoms with Crippen LogP contribution in [0.25, 0.3) is 0 Å². The first-order valence-corrected chi connectivity index (χ1v) is 17.2. The monoisotopic (exact) mass is 701 g/mol. The molecule has 4 rings (SSSR count). The first kappa shape index (κ1) is 35.1. The number of nitrogens with one attached hydrogen (secondary N) is 1. The number of carbonyl (C=O) groups excluding carboxylic acids is 2. The molecule has 0 radical (unpaired) electrons. The van der Waals surface area contributed by atoms with Crippen LogP contribution < -0.4 is 14.4 Å². The molecule has 4 aromatic carbocycles. The molecular formula is C34H34Cl3N3O5S. The second-order valence-electron chi connectivity index (χ2n) is 10.2. The largest absolute Gasteiger partial charge is 0.494 e. The molecule has 0 bridgehead atoms. The number of likely N-dealkylation sites (N-methyl/N-ethyl adjacent to an activating group) is 1. The Morgan fingerprint density at radius 3 is 2.04 bits per heavy atom. The van der Waals surface area contributed by atoms with Crippen LogP contribution in [0, 0.1) is 0 Å². The van der Waals surface area contributed by atoms with Gasteiger partial charge < -0.3 is 15.0 Å². The first-order chi connectivity index (χ1) is 22.0. The Balaban J connectivity index is 1.82. The Bertz CT molecular complexity index is 1720. The zero-order valence-electron chi connectivity index (χ0n) is 25.3. The third-order valence-electron chi connectivity index (χ3n) is 7.13. The Kier molecular flexibility index (Phi) is 12.3. The fourth-order valence-electron chi connectivity index (χ4n) is 4.84. The lowest BCUT2D eigenvalue weighted by Crippen LogP contribution is -2.53. The minimum absolute atomic E-state index is 0.0659. The van der Waals surface area contributed by atoms with Crippen molar-refractivity contribution in [1.29, 1.82) is 0 Å². The maximum Gasteiger partial charge on any atom is 0.264 e. The summed E-state index contributed by atoms with van der Waals surface area (Å²) in [5.41, 5.74) is 1.45. The van der Waals surface area contributed by atoms with Gasteiger partial charge in [0.05, 0.1) is 17.2 Å². The average molecular weight is 703 g/mol. The van der Waals surface area contributed by atoms with Gasteiger partial charge in [-0.3, -0.25) is 13.9 Å². The highest BCUT2D eigenvalue weighted by Crippen LogP contribution is 2.30. The van der Waals surface area contributed by atoms with E-state index in [2.05, 4.69) is 5.32 Å². The second-order valence-corrected chi connectivity index (χ2v) is 13.3. The van der Waals surface area contributed by atoms with Crippen LogP contribution in [0.3, 0.4) is 0 Å². The molecule has 0 unspecified atom stereocenters. The quantitative estimate of drug-likeness (QED) is 0.153. The summed E-state index contributed by atoms with van der Waals surface area (Å²) in [6.07, 6.45) is 0.160.